The molecule has 0 saturated heterocycles. The fourth-order valence-corrected chi connectivity index (χ4v) is 2.81. The summed E-state index contributed by atoms with van der Waals surface area (Å²) in [4.78, 5) is 0. The Morgan fingerprint density at radius 1 is 0.346 bits per heavy atom. The van der Waals surface area contributed by atoms with Crippen LogP contribution in [0.1, 0.15) is 69.2 Å². The number of hydrogen-bond acceptors (Lipinski definition) is 0. The van der Waals surface area contributed by atoms with Crippen molar-refractivity contribution in [2.75, 3.05) is 0 Å². The van der Waals surface area contributed by atoms with E-state index in [1.807, 2.05) is 0 Å². The molecule has 0 nitrogen and oxygen atoms in total. The van der Waals surface area contributed by atoms with Gasteiger partial charge in [0.1, 0.15) is 0 Å². The van der Waals surface area contributed by atoms with Crippen molar-refractivity contribution >= 4 is 14.1 Å². The van der Waals surface area contributed by atoms with Crippen molar-refractivity contribution in [3.8, 4) is 0 Å². The SMILES string of the molecule is C[C]1[C](C)[C](C)[C](C)[C]1C.C[C]1[C](C)[C](C)[C](C)[C]1C.[CH3-].[CH3][Al]([CH3])[CH3].[Yb]. The molecule has 2 aliphatic carbocycles. The van der Waals surface area contributed by atoms with E-state index in [4.69, 9.17) is 0 Å². The molecule has 0 N–H and O–H groups in total. The summed E-state index contributed by atoms with van der Waals surface area (Å²) in [5.41, 5.74) is 0. The molecule has 0 aliphatic heterocycles. The molecule has 0 aromatic heterocycles. The van der Waals surface area contributed by atoms with E-state index in [1.165, 1.54) is 59.2 Å². The Morgan fingerprint density at radius 2 is 0.385 bits per heavy atom. The van der Waals surface area contributed by atoms with E-state index < -0.39 is 0 Å². The van der Waals surface area contributed by atoms with Gasteiger partial charge in [0.25, 0.3) is 14.1 Å². The summed E-state index contributed by atoms with van der Waals surface area (Å²) in [5, 5.41) is 0. The average molecular weight is 531 g/mol. The van der Waals surface area contributed by atoms with Crippen LogP contribution in [0.15, 0.2) is 0 Å². The van der Waals surface area contributed by atoms with Gasteiger partial charge in [-0.05, 0) is 59.2 Å². The molecular weight excluding hydrogens is 488 g/mol. The van der Waals surface area contributed by atoms with Crippen LogP contribution in [0.3, 0.4) is 0 Å². The first kappa shape index (κ1) is 32.7. The molecule has 0 aromatic carbocycles. The predicted octanol–water partition coefficient (Wildman–Crippen LogP) is 7.76. The van der Waals surface area contributed by atoms with Gasteiger partial charge in [0, 0.05) is 46.9 Å². The van der Waals surface area contributed by atoms with Crippen LogP contribution < -0.4 is 0 Å². The van der Waals surface area contributed by atoms with E-state index in [2.05, 4.69) is 86.6 Å². The molecule has 0 unspecified atom stereocenters. The second-order valence-electron chi connectivity index (χ2n) is 7.98. The third-order valence-electron chi connectivity index (χ3n) is 5.62. The Bertz CT molecular complexity index is 221. The van der Waals surface area contributed by atoms with Gasteiger partial charge < -0.3 is 7.43 Å². The summed E-state index contributed by atoms with van der Waals surface area (Å²) < 4.78 is 0. The molecule has 156 valence electrons. The van der Waals surface area contributed by atoms with Crippen LogP contribution in [-0.2, 0) is 0 Å². The maximum absolute atomic E-state index is 2.31. The van der Waals surface area contributed by atoms with E-state index in [9.17, 15) is 0 Å². The number of rotatable bonds is 0. The molecule has 26 heavy (non-hydrogen) atoms. The summed E-state index contributed by atoms with van der Waals surface area (Å²) in [6.45, 7) is 22.0. The van der Waals surface area contributed by atoms with Crippen LogP contribution in [-0.4, -0.2) is 14.1 Å². The van der Waals surface area contributed by atoms with Gasteiger partial charge >= 0.3 is 0 Å². The van der Waals surface area contributed by atoms with Gasteiger partial charge in [-0.3, -0.25) is 0 Å². The van der Waals surface area contributed by atoms with Gasteiger partial charge in [0.2, 0.25) is 0 Å². The molecular formula is C24H42AlYb-. The molecule has 0 atom stereocenters. The Labute approximate surface area is 212 Å². The summed E-state index contributed by atoms with van der Waals surface area (Å²) in [5.74, 6) is 21.6. The molecule has 2 saturated carbocycles. The zero-order valence-electron chi connectivity index (χ0n) is 19.8. The van der Waals surface area contributed by atoms with Crippen molar-refractivity contribution in [1.82, 2.24) is 0 Å². The van der Waals surface area contributed by atoms with Gasteiger partial charge in [0.15, 0.2) is 0 Å². The Kier molecular flexibility index (Phi) is 18.8. The van der Waals surface area contributed by atoms with Crippen LogP contribution >= 0.6 is 0 Å². The van der Waals surface area contributed by atoms with Crippen molar-refractivity contribution in [3.05, 3.63) is 66.6 Å². The van der Waals surface area contributed by atoms with Crippen molar-refractivity contribution in [2.45, 2.75) is 86.6 Å². The molecule has 2 rings (SSSR count). The second kappa shape index (κ2) is 14.9. The van der Waals surface area contributed by atoms with Gasteiger partial charge in [-0.15, -0.1) is 17.4 Å². The summed E-state index contributed by atoms with van der Waals surface area (Å²) >= 11 is -0.139. The molecule has 0 aromatic rings. The van der Waals surface area contributed by atoms with E-state index in [0.717, 1.165) is 0 Å². The van der Waals surface area contributed by atoms with Crippen LogP contribution in [0.5, 0.6) is 0 Å². The Hall–Kier alpha value is 2.05. The fourth-order valence-electron chi connectivity index (χ4n) is 2.81. The van der Waals surface area contributed by atoms with Gasteiger partial charge in [-0.1, -0.05) is 69.2 Å². The van der Waals surface area contributed by atoms with E-state index in [0.29, 0.717) is 0 Å². The number of hydrogen-bond donors (Lipinski definition) is 0. The molecule has 10 radical (unpaired) electrons. The normalized spacial score (nSPS) is 23.0. The zero-order valence-corrected chi connectivity index (χ0v) is 22.7. The first-order valence-corrected chi connectivity index (χ1v) is 12.7. The minimum Gasteiger partial charge on any atom is -0.358 e. The minimum atomic E-state index is -0.139. The molecule has 2 fully saturated rings. The topological polar surface area (TPSA) is 0 Å². The average Bonchev–Trinajstić information content (AvgIpc) is 2.78. The summed E-state index contributed by atoms with van der Waals surface area (Å²) in [6.07, 6.45) is 0. The van der Waals surface area contributed by atoms with Crippen LogP contribution in [0.4, 0.5) is 0 Å². The molecule has 2 heteroatoms. The summed E-state index contributed by atoms with van der Waals surface area (Å²) in [7, 11) is 0. The van der Waals surface area contributed by atoms with E-state index in [-0.39, 0.29) is 68.5 Å². The van der Waals surface area contributed by atoms with Gasteiger partial charge in [-0.2, -0.15) is 0 Å². The van der Waals surface area contributed by atoms with Crippen molar-refractivity contribution < 1.29 is 46.9 Å². The van der Waals surface area contributed by atoms with Crippen LogP contribution in [0.25, 0.3) is 0 Å². The maximum atomic E-state index is 2.31. The maximum Gasteiger partial charge on any atom is 0.251 e. The Balaban J connectivity index is -0.000000319. The Morgan fingerprint density at radius 3 is 0.423 bits per heavy atom. The standard InChI is InChI=1S/2C10H15.4CH3.Al.Yb/c2*1-6-7(2)9(4)10(5)8(6)3;;;;;;/h2*1-5H3;4*1H3;;/q;;;;;-1;;. The van der Waals surface area contributed by atoms with Gasteiger partial charge in [-0.25, -0.2) is 0 Å². The third kappa shape index (κ3) is 9.25. The first-order valence-electron chi connectivity index (χ1n) is 9.23. The quantitative estimate of drug-likeness (QED) is 0.222. The zero-order chi connectivity index (χ0) is 19.4. The first-order chi connectivity index (χ1) is 10.8. The molecule has 0 amide bonds. The monoisotopic (exact) mass is 531 g/mol. The summed E-state index contributed by atoms with van der Waals surface area (Å²) in [6, 6.07) is 0. The largest absolute Gasteiger partial charge is 0.358 e. The fraction of sp³-hybridized carbons (Fsp3) is 0.542. The predicted molar refractivity (Wildman–Crippen MR) is 119 cm³/mol. The van der Waals surface area contributed by atoms with E-state index >= 15 is 0 Å². The van der Waals surface area contributed by atoms with E-state index in [1.54, 1.807) is 0 Å². The van der Waals surface area contributed by atoms with Crippen molar-refractivity contribution in [2.24, 2.45) is 0 Å². The molecule has 0 heterocycles. The van der Waals surface area contributed by atoms with Crippen molar-refractivity contribution in [3.63, 3.8) is 0 Å². The van der Waals surface area contributed by atoms with Crippen LogP contribution in [0, 0.1) is 114 Å². The third-order valence-corrected chi connectivity index (χ3v) is 5.62. The molecule has 0 bridgehead atoms. The van der Waals surface area contributed by atoms with Crippen LogP contribution in [0.2, 0.25) is 17.4 Å². The smallest absolute Gasteiger partial charge is 0.251 e. The second-order valence-corrected chi connectivity index (χ2v) is 11.4. The molecule has 0 spiro atoms. The minimum absolute atomic E-state index is 0. The molecule has 2 aliphatic rings. The van der Waals surface area contributed by atoms with Crippen molar-refractivity contribution in [1.29, 1.82) is 0 Å². The van der Waals surface area contributed by atoms with Gasteiger partial charge in [0.05, 0.1) is 0 Å².